The molecule has 0 aliphatic heterocycles. The summed E-state index contributed by atoms with van der Waals surface area (Å²) >= 11 is 1.45. The fraction of sp³-hybridized carbons (Fsp3) is 0.333. The van der Waals surface area contributed by atoms with Gasteiger partial charge in [0, 0.05) is 6.07 Å². The predicted molar refractivity (Wildman–Crippen MR) is 70.0 cm³/mol. The molecule has 1 rings (SSSR count). The largest absolute Gasteiger partial charge is 0.508 e. The number of nitrogens with one attached hydrogen (secondary N) is 1. The van der Waals surface area contributed by atoms with Gasteiger partial charge < -0.3 is 15.5 Å². The summed E-state index contributed by atoms with van der Waals surface area (Å²) in [4.78, 5) is 22.7. The van der Waals surface area contributed by atoms with Crippen molar-refractivity contribution in [3.8, 4) is 5.75 Å². The molecule has 3 N–H and O–H groups in total. The second kappa shape index (κ2) is 6.98. The van der Waals surface area contributed by atoms with Crippen LogP contribution < -0.4 is 5.32 Å². The van der Waals surface area contributed by atoms with Crippen LogP contribution in [0.4, 0.5) is 4.39 Å². The van der Waals surface area contributed by atoms with E-state index < -0.39 is 23.7 Å². The lowest BCUT2D eigenvalue weighted by Gasteiger charge is -2.14. The van der Waals surface area contributed by atoms with E-state index in [1.807, 2.05) is 6.26 Å². The minimum absolute atomic E-state index is 0.252. The molecule has 1 amide bonds. The van der Waals surface area contributed by atoms with Crippen molar-refractivity contribution in [2.24, 2.45) is 0 Å². The second-order valence-electron chi connectivity index (χ2n) is 3.81. The smallest absolute Gasteiger partial charge is 0.326 e. The summed E-state index contributed by atoms with van der Waals surface area (Å²) in [6.45, 7) is 0. The third-order valence-electron chi connectivity index (χ3n) is 2.41. The lowest BCUT2D eigenvalue weighted by atomic mass is 10.1. The molecule has 0 aromatic heterocycles. The van der Waals surface area contributed by atoms with Crippen molar-refractivity contribution in [1.29, 1.82) is 0 Å². The van der Waals surface area contributed by atoms with Crippen molar-refractivity contribution in [2.45, 2.75) is 12.5 Å². The van der Waals surface area contributed by atoms with Crippen LogP contribution in [0.1, 0.15) is 16.8 Å². The maximum Gasteiger partial charge on any atom is 0.326 e. The van der Waals surface area contributed by atoms with E-state index in [9.17, 15) is 14.0 Å². The zero-order valence-corrected chi connectivity index (χ0v) is 11.0. The van der Waals surface area contributed by atoms with Crippen molar-refractivity contribution in [2.75, 3.05) is 12.0 Å². The minimum Gasteiger partial charge on any atom is -0.508 e. The molecular formula is C12H14FNO4S. The summed E-state index contributed by atoms with van der Waals surface area (Å²) in [5.41, 5.74) is -0.298. The minimum atomic E-state index is -1.17. The first-order valence-corrected chi connectivity index (χ1v) is 6.86. The summed E-state index contributed by atoms with van der Waals surface area (Å²) in [7, 11) is 0. The Hall–Kier alpha value is -1.76. The number of rotatable bonds is 6. The van der Waals surface area contributed by atoms with Crippen molar-refractivity contribution >= 4 is 23.6 Å². The lowest BCUT2D eigenvalue weighted by Crippen LogP contribution is -2.41. The van der Waals surface area contributed by atoms with E-state index in [4.69, 9.17) is 10.2 Å². The highest BCUT2D eigenvalue weighted by atomic mass is 32.2. The first-order chi connectivity index (χ1) is 8.95. The molecule has 5 nitrogen and oxygen atoms in total. The highest BCUT2D eigenvalue weighted by Crippen LogP contribution is 2.15. The Labute approximate surface area is 113 Å². The number of thioether (sulfide) groups is 1. The van der Waals surface area contributed by atoms with Crippen molar-refractivity contribution < 1.29 is 24.2 Å². The number of phenolic OH excluding ortho intramolecular Hbond substituents is 1. The van der Waals surface area contributed by atoms with Gasteiger partial charge in [-0.1, -0.05) is 0 Å². The highest BCUT2D eigenvalue weighted by Gasteiger charge is 2.21. The van der Waals surface area contributed by atoms with Gasteiger partial charge in [-0.2, -0.15) is 11.8 Å². The van der Waals surface area contributed by atoms with Gasteiger partial charge in [-0.05, 0) is 30.6 Å². The molecule has 0 unspecified atom stereocenters. The molecule has 1 atom stereocenters. The molecule has 0 aliphatic carbocycles. The fourth-order valence-electron chi connectivity index (χ4n) is 1.42. The van der Waals surface area contributed by atoms with Crippen LogP contribution >= 0.6 is 11.8 Å². The molecule has 0 bridgehead atoms. The fourth-order valence-corrected chi connectivity index (χ4v) is 1.89. The quantitative estimate of drug-likeness (QED) is 0.737. The van der Waals surface area contributed by atoms with E-state index in [-0.39, 0.29) is 17.7 Å². The third kappa shape index (κ3) is 4.44. The molecular weight excluding hydrogens is 273 g/mol. The molecule has 0 spiro atoms. The van der Waals surface area contributed by atoms with Crippen molar-refractivity contribution in [3.63, 3.8) is 0 Å². The normalized spacial score (nSPS) is 11.9. The summed E-state index contributed by atoms with van der Waals surface area (Å²) in [5, 5.41) is 20.2. The molecule has 0 radical (unpaired) electrons. The van der Waals surface area contributed by atoms with Crippen LogP contribution in [0.3, 0.4) is 0 Å². The molecule has 19 heavy (non-hydrogen) atoms. The van der Waals surface area contributed by atoms with E-state index >= 15 is 0 Å². The third-order valence-corrected chi connectivity index (χ3v) is 3.06. The highest BCUT2D eigenvalue weighted by molar-refractivity contribution is 7.98. The maximum atomic E-state index is 13.4. The van der Waals surface area contributed by atoms with Crippen molar-refractivity contribution in [3.05, 3.63) is 29.6 Å². The predicted octanol–water partition coefficient (Wildman–Crippen LogP) is 1.47. The van der Waals surface area contributed by atoms with Crippen LogP contribution in [0.2, 0.25) is 0 Å². The molecule has 0 fully saturated rings. The van der Waals surface area contributed by atoms with E-state index in [0.717, 1.165) is 18.2 Å². The van der Waals surface area contributed by atoms with Crippen LogP contribution in [-0.2, 0) is 4.79 Å². The van der Waals surface area contributed by atoms with Gasteiger partial charge in [-0.15, -0.1) is 0 Å². The summed E-state index contributed by atoms with van der Waals surface area (Å²) < 4.78 is 13.4. The summed E-state index contributed by atoms with van der Waals surface area (Å²) in [6.07, 6.45) is 2.07. The number of benzene rings is 1. The Kier molecular flexibility index (Phi) is 5.62. The van der Waals surface area contributed by atoms with Crippen LogP contribution in [0.15, 0.2) is 18.2 Å². The first kappa shape index (κ1) is 15.3. The Morgan fingerprint density at radius 1 is 1.47 bits per heavy atom. The van der Waals surface area contributed by atoms with Gasteiger partial charge in [-0.3, -0.25) is 4.79 Å². The van der Waals surface area contributed by atoms with Gasteiger partial charge >= 0.3 is 5.97 Å². The number of carboxylic acids is 1. The number of carbonyl (C=O) groups is 2. The Morgan fingerprint density at radius 2 is 2.16 bits per heavy atom. The van der Waals surface area contributed by atoms with Gasteiger partial charge in [0.15, 0.2) is 0 Å². The van der Waals surface area contributed by atoms with Crippen LogP contribution in [0.25, 0.3) is 0 Å². The Balaban J connectivity index is 2.78. The standard InChI is InChI=1S/C12H14FNO4S/c1-19-5-4-10(12(17)18)14-11(16)8-3-2-7(15)6-9(8)13/h2-3,6,10,15H,4-5H2,1H3,(H,14,16)(H,17,18)/t10-/m1/s1. The Bertz CT molecular complexity index is 481. The SMILES string of the molecule is CSCC[C@@H](NC(=O)c1ccc(O)cc1F)C(=O)O. The summed E-state index contributed by atoms with van der Waals surface area (Å²) in [5.74, 6) is -2.61. The van der Waals surface area contributed by atoms with Crippen LogP contribution in [0.5, 0.6) is 5.75 Å². The number of hydrogen-bond acceptors (Lipinski definition) is 4. The van der Waals surface area contributed by atoms with Gasteiger partial charge in [0.1, 0.15) is 17.6 Å². The number of aliphatic carboxylic acids is 1. The van der Waals surface area contributed by atoms with Gasteiger partial charge in [-0.25, -0.2) is 9.18 Å². The lowest BCUT2D eigenvalue weighted by molar-refractivity contribution is -0.139. The van der Waals surface area contributed by atoms with Gasteiger partial charge in [0.2, 0.25) is 0 Å². The number of carbonyl (C=O) groups excluding carboxylic acids is 1. The van der Waals surface area contributed by atoms with Gasteiger partial charge in [0.25, 0.3) is 5.91 Å². The molecule has 7 heteroatoms. The Morgan fingerprint density at radius 3 is 2.68 bits per heavy atom. The molecule has 104 valence electrons. The number of halogens is 1. The first-order valence-electron chi connectivity index (χ1n) is 5.46. The maximum absolute atomic E-state index is 13.4. The molecule has 0 saturated heterocycles. The van der Waals surface area contributed by atoms with Gasteiger partial charge in [0.05, 0.1) is 5.56 Å². The van der Waals surface area contributed by atoms with Crippen LogP contribution in [0, 0.1) is 5.82 Å². The topological polar surface area (TPSA) is 86.6 Å². The average molecular weight is 287 g/mol. The molecule has 1 aromatic rings. The number of aromatic hydroxyl groups is 1. The molecule has 1 aromatic carbocycles. The second-order valence-corrected chi connectivity index (χ2v) is 4.80. The number of amides is 1. The van der Waals surface area contributed by atoms with E-state index in [2.05, 4.69) is 5.32 Å². The molecule has 0 saturated carbocycles. The summed E-state index contributed by atoms with van der Waals surface area (Å²) in [6, 6.07) is 2.00. The number of carboxylic acid groups (broad SMARTS) is 1. The van der Waals surface area contributed by atoms with E-state index in [1.165, 1.54) is 11.8 Å². The number of hydrogen-bond donors (Lipinski definition) is 3. The number of phenols is 1. The monoisotopic (exact) mass is 287 g/mol. The molecule has 0 heterocycles. The van der Waals surface area contributed by atoms with E-state index in [0.29, 0.717) is 5.75 Å². The van der Waals surface area contributed by atoms with E-state index in [1.54, 1.807) is 0 Å². The zero-order chi connectivity index (χ0) is 14.4. The average Bonchev–Trinajstić information content (AvgIpc) is 2.33. The van der Waals surface area contributed by atoms with Crippen molar-refractivity contribution in [1.82, 2.24) is 5.32 Å². The molecule has 0 aliphatic rings. The zero-order valence-electron chi connectivity index (χ0n) is 10.2. The van der Waals surface area contributed by atoms with Crippen LogP contribution in [-0.4, -0.2) is 40.1 Å².